The maximum absolute atomic E-state index is 12.5. The first-order valence-electron chi connectivity index (χ1n) is 14.0. The molecule has 7 nitrogen and oxygen atoms in total. The lowest BCUT2D eigenvalue weighted by Gasteiger charge is -2.23. The number of aryl methyl sites for hydroxylation is 2. The van der Waals surface area contributed by atoms with Crippen LogP contribution in [0.1, 0.15) is 44.9 Å². The highest BCUT2D eigenvalue weighted by molar-refractivity contribution is 6.43. The first-order chi connectivity index (χ1) is 20.9. The summed E-state index contributed by atoms with van der Waals surface area (Å²) in [6, 6.07) is 31.2. The molecule has 5 rings (SSSR count). The number of esters is 1. The molecule has 0 saturated heterocycles. The molecule has 0 aliphatic rings. The van der Waals surface area contributed by atoms with Crippen molar-refractivity contribution in [1.82, 2.24) is 0 Å². The average molecular weight is 576 g/mol. The third-order valence-corrected chi connectivity index (χ3v) is 7.36. The number of benzene rings is 4. The number of hydrogen-bond acceptors (Lipinski definition) is 7. The molecule has 0 unspecified atom stereocenters. The quantitative estimate of drug-likeness (QED) is 0.0603. The molecule has 218 valence electrons. The molecule has 1 aromatic heterocycles. The Balaban J connectivity index is 1.59. The molecule has 0 aliphatic heterocycles. The SMILES string of the molecule is CO/N=C(/C(=O)OC)c1ccccc1CCOc1ccc2ccc(=O)oc2c1C(c1ccc(C)cc1)c1ccc(C)cc1. The van der Waals surface area contributed by atoms with Gasteiger partial charge in [0.25, 0.3) is 0 Å². The molecule has 5 aromatic rings. The van der Waals surface area contributed by atoms with Crippen molar-refractivity contribution >= 4 is 22.7 Å². The molecule has 0 radical (unpaired) electrons. The minimum absolute atomic E-state index is 0.0765. The van der Waals surface area contributed by atoms with E-state index in [4.69, 9.17) is 18.7 Å². The van der Waals surface area contributed by atoms with E-state index in [2.05, 4.69) is 67.5 Å². The molecule has 4 aromatic carbocycles. The van der Waals surface area contributed by atoms with Gasteiger partial charge in [-0.3, -0.25) is 0 Å². The second-order valence-corrected chi connectivity index (χ2v) is 10.3. The standard InChI is InChI=1S/C36H33NO6/c1-23-9-13-26(14-10-23)32(27-15-11-24(2)12-16-27)33-30(19-17-28-18-20-31(38)43-35(28)33)42-22-21-25-7-5-6-8-29(25)34(37-41-4)36(39)40-3/h5-20,32H,21-22H2,1-4H3/b37-34+. The summed E-state index contributed by atoms with van der Waals surface area (Å²) in [7, 11) is 2.68. The highest BCUT2D eigenvalue weighted by atomic mass is 16.6. The van der Waals surface area contributed by atoms with Gasteiger partial charge in [-0.05, 0) is 48.7 Å². The Hall–Kier alpha value is -5.17. The van der Waals surface area contributed by atoms with E-state index >= 15 is 0 Å². The van der Waals surface area contributed by atoms with Crippen molar-refractivity contribution in [3.63, 3.8) is 0 Å². The van der Waals surface area contributed by atoms with Crippen LogP contribution in [0.15, 0.2) is 111 Å². The zero-order valence-electron chi connectivity index (χ0n) is 24.6. The molecular weight excluding hydrogens is 542 g/mol. The van der Waals surface area contributed by atoms with Crippen LogP contribution in [0.2, 0.25) is 0 Å². The van der Waals surface area contributed by atoms with Crippen LogP contribution >= 0.6 is 0 Å². The van der Waals surface area contributed by atoms with Gasteiger partial charge in [-0.1, -0.05) is 89.1 Å². The second-order valence-electron chi connectivity index (χ2n) is 10.3. The van der Waals surface area contributed by atoms with Gasteiger partial charge in [-0.2, -0.15) is 0 Å². The van der Waals surface area contributed by atoms with E-state index in [1.807, 2.05) is 30.3 Å². The number of methoxy groups -OCH3 is 1. The lowest BCUT2D eigenvalue weighted by atomic mass is 9.83. The molecule has 0 saturated carbocycles. The molecule has 0 atom stereocenters. The topological polar surface area (TPSA) is 87.3 Å². The summed E-state index contributed by atoms with van der Waals surface area (Å²) in [4.78, 5) is 29.9. The van der Waals surface area contributed by atoms with Crippen molar-refractivity contribution in [3.05, 3.63) is 146 Å². The highest BCUT2D eigenvalue weighted by Gasteiger charge is 2.26. The lowest BCUT2D eigenvalue weighted by molar-refractivity contribution is -0.132. The molecule has 0 spiro atoms. The number of rotatable bonds is 10. The van der Waals surface area contributed by atoms with Crippen molar-refractivity contribution in [3.8, 4) is 5.75 Å². The van der Waals surface area contributed by atoms with E-state index in [9.17, 15) is 9.59 Å². The second kappa shape index (κ2) is 13.2. The van der Waals surface area contributed by atoms with E-state index in [-0.39, 0.29) is 18.2 Å². The molecule has 0 N–H and O–H groups in total. The van der Waals surface area contributed by atoms with Crippen LogP contribution in [0.3, 0.4) is 0 Å². The predicted molar refractivity (Wildman–Crippen MR) is 167 cm³/mol. The molecular formula is C36H33NO6. The van der Waals surface area contributed by atoms with Gasteiger partial charge in [-0.15, -0.1) is 0 Å². The largest absolute Gasteiger partial charge is 0.493 e. The van der Waals surface area contributed by atoms with Gasteiger partial charge >= 0.3 is 11.6 Å². The molecule has 43 heavy (non-hydrogen) atoms. The van der Waals surface area contributed by atoms with Crippen LogP contribution in [-0.2, 0) is 20.8 Å². The summed E-state index contributed by atoms with van der Waals surface area (Å²) in [6.07, 6.45) is 0.464. The first kappa shape index (κ1) is 29.3. The maximum Gasteiger partial charge on any atom is 0.360 e. The summed E-state index contributed by atoms with van der Waals surface area (Å²) in [5.74, 6) is -0.261. The van der Waals surface area contributed by atoms with Crippen LogP contribution in [-0.4, -0.2) is 32.5 Å². The number of nitrogens with zero attached hydrogens (tertiary/aromatic N) is 1. The number of fused-ring (bicyclic) bond motifs is 1. The van der Waals surface area contributed by atoms with Crippen molar-refractivity contribution < 1.29 is 23.5 Å². The van der Waals surface area contributed by atoms with E-state index in [1.54, 1.807) is 12.1 Å². The Morgan fingerprint density at radius 1 is 0.814 bits per heavy atom. The third kappa shape index (κ3) is 6.51. The predicted octanol–water partition coefficient (Wildman–Crippen LogP) is 6.74. The monoisotopic (exact) mass is 575 g/mol. The van der Waals surface area contributed by atoms with E-state index in [1.165, 1.54) is 20.3 Å². The van der Waals surface area contributed by atoms with Gasteiger partial charge in [0.05, 0.1) is 13.7 Å². The summed E-state index contributed by atoms with van der Waals surface area (Å²) in [5, 5.41) is 4.71. The molecule has 0 aliphatic carbocycles. The fraction of sp³-hybridized carbons (Fsp3) is 0.194. The van der Waals surface area contributed by atoms with E-state index in [0.29, 0.717) is 23.3 Å². The maximum atomic E-state index is 12.5. The number of oxime groups is 1. The van der Waals surface area contributed by atoms with Gasteiger partial charge in [0, 0.05) is 34.9 Å². The summed E-state index contributed by atoms with van der Waals surface area (Å²) in [6.45, 7) is 4.39. The number of carbonyl (C=O) groups excluding carboxylic acids is 1. The van der Waals surface area contributed by atoms with Gasteiger partial charge < -0.3 is 18.7 Å². The van der Waals surface area contributed by atoms with Crippen molar-refractivity contribution in [2.24, 2.45) is 5.16 Å². The fourth-order valence-electron chi connectivity index (χ4n) is 5.20. The smallest absolute Gasteiger partial charge is 0.360 e. The third-order valence-electron chi connectivity index (χ3n) is 7.36. The fourth-order valence-corrected chi connectivity index (χ4v) is 5.20. The Morgan fingerprint density at radius 2 is 1.44 bits per heavy atom. The Morgan fingerprint density at radius 3 is 2.07 bits per heavy atom. The van der Waals surface area contributed by atoms with Crippen LogP contribution < -0.4 is 10.4 Å². The molecule has 7 heteroatoms. The van der Waals surface area contributed by atoms with Crippen molar-refractivity contribution in [1.29, 1.82) is 0 Å². The number of carbonyl (C=O) groups is 1. The normalized spacial score (nSPS) is 11.5. The van der Waals surface area contributed by atoms with Crippen LogP contribution in [0.25, 0.3) is 11.0 Å². The highest BCUT2D eigenvalue weighted by Crippen LogP contribution is 2.41. The zero-order chi connectivity index (χ0) is 30.3. The van der Waals surface area contributed by atoms with Gasteiger partial charge in [0.2, 0.25) is 0 Å². The minimum Gasteiger partial charge on any atom is -0.493 e. The van der Waals surface area contributed by atoms with Crippen LogP contribution in [0.5, 0.6) is 5.75 Å². The molecule has 0 amide bonds. The number of ether oxygens (including phenoxy) is 2. The van der Waals surface area contributed by atoms with Gasteiger partial charge in [0.15, 0.2) is 5.71 Å². The lowest BCUT2D eigenvalue weighted by Crippen LogP contribution is -2.20. The Kier molecular flexibility index (Phi) is 9.01. The number of hydrogen-bond donors (Lipinski definition) is 0. The Bertz CT molecular complexity index is 1770. The summed E-state index contributed by atoms with van der Waals surface area (Å²) < 4.78 is 17.3. The molecule has 1 heterocycles. The van der Waals surface area contributed by atoms with E-state index < -0.39 is 11.6 Å². The first-order valence-corrected chi connectivity index (χ1v) is 14.0. The minimum atomic E-state index is -0.596. The van der Waals surface area contributed by atoms with E-state index in [0.717, 1.165) is 38.8 Å². The Labute approximate surface area is 250 Å². The summed E-state index contributed by atoms with van der Waals surface area (Å²) in [5.41, 5.74) is 6.72. The molecule has 0 fully saturated rings. The van der Waals surface area contributed by atoms with Crippen molar-refractivity contribution in [2.75, 3.05) is 20.8 Å². The van der Waals surface area contributed by atoms with Crippen LogP contribution in [0.4, 0.5) is 0 Å². The van der Waals surface area contributed by atoms with Crippen molar-refractivity contribution in [2.45, 2.75) is 26.2 Å². The summed E-state index contributed by atoms with van der Waals surface area (Å²) >= 11 is 0. The van der Waals surface area contributed by atoms with Gasteiger partial charge in [-0.25, -0.2) is 9.59 Å². The van der Waals surface area contributed by atoms with Crippen LogP contribution in [0, 0.1) is 13.8 Å². The zero-order valence-corrected chi connectivity index (χ0v) is 24.6. The average Bonchev–Trinajstić information content (AvgIpc) is 3.02. The molecule has 0 bridgehead atoms. The van der Waals surface area contributed by atoms with Gasteiger partial charge in [0.1, 0.15) is 18.4 Å².